The third-order valence-corrected chi connectivity index (χ3v) is 3.80. The molecule has 0 saturated heterocycles. The molecule has 4 N–H and O–H groups in total. The van der Waals surface area contributed by atoms with Gasteiger partial charge in [-0.05, 0) is 46.1 Å². The largest absolute Gasteiger partial charge is 0.438 e. The predicted molar refractivity (Wildman–Crippen MR) is 81.0 cm³/mol. The Balaban J connectivity index is 1.87. The van der Waals surface area contributed by atoms with Crippen molar-refractivity contribution >= 4 is 33.3 Å². The number of nitrogen functional groups attached to an aromatic ring is 1. The van der Waals surface area contributed by atoms with Gasteiger partial charge in [0.1, 0.15) is 16.5 Å². The van der Waals surface area contributed by atoms with Crippen molar-refractivity contribution in [2.75, 3.05) is 10.7 Å². The molecule has 1 aliphatic rings. The number of amides is 1. The summed E-state index contributed by atoms with van der Waals surface area (Å²) in [6, 6.07) is 5.48. The van der Waals surface area contributed by atoms with Crippen molar-refractivity contribution < 1.29 is 9.53 Å². The second-order valence-corrected chi connectivity index (χ2v) is 5.25. The molecule has 0 aliphatic carbocycles. The minimum absolute atomic E-state index is 0.0355. The number of halogens is 1. The molecule has 0 saturated carbocycles. The summed E-state index contributed by atoms with van der Waals surface area (Å²) < 4.78 is 6.28. The molecule has 21 heavy (non-hydrogen) atoms. The first-order chi connectivity index (χ1) is 10.2. The molecule has 8 heteroatoms. The fourth-order valence-corrected chi connectivity index (χ4v) is 2.46. The Bertz CT molecular complexity index is 707. The summed E-state index contributed by atoms with van der Waals surface area (Å²) in [4.78, 5) is 19.3. The average Bonchev–Trinajstić information content (AvgIpc) is 2.49. The Morgan fingerprint density at radius 3 is 3.00 bits per heavy atom. The van der Waals surface area contributed by atoms with Crippen LogP contribution in [-0.4, -0.2) is 15.9 Å². The van der Waals surface area contributed by atoms with Gasteiger partial charge >= 0.3 is 0 Å². The summed E-state index contributed by atoms with van der Waals surface area (Å²) in [7, 11) is 0. The number of nitrogens with two attached hydrogens (primary N) is 1. The summed E-state index contributed by atoms with van der Waals surface area (Å²) in [6.45, 7) is 0. The first-order valence-corrected chi connectivity index (χ1v) is 7.04. The summed E-state index contributed by atoms with van der Waals surface area (Å²) in [5.74, 6) is 6.81. The molecule has 1 aliphatic heterocycles. The van der Waals surface area contributed by atoms with Crippen LogP contribution in [0.5, 0.6) is 11.6 Å². The number of hydrogen-bond donors (Lipinski definition) is 3. The van der Waals surface area contributed by atoms with Gasteiger partial charge in [0.15, 0.2) is 5.82 Å². The Hall–Kier alpha value is -2.19. The maximum atomic E-state index is 11.3. The lowest BCUT2D eigenvalue weighted by Gasteiger charge is -2.17. The molecule has 0 fully saturated rings. The molecule has 0 unspecified atom stereocenters. The topological polar surface area (TPSA) is 102 Å². The molecule has 0 radical (unpaired) electrons. The van der Waals surface area contributed by atoms with E-state index in [1.54, 1.807) is 6.07 Å². The number of hydrazine groups is 1. The number of nitrogens with one attached hydrogen (secondary N) is 2. The minimum atomic E-state index is 0.0355. The van der Waals surface area contributed by atoms with E-state index < -0.39 is 0 Å². The fraction of sp³-hybridized carbons (Fsp3) is 0.154. The number of fused-ring (bicyclic) bond motifs is 1. The first kappa shape index (κ1) is 13.8. The van der Waals surface area contributed by atoms with Crippen molar-refractivity contribution in [1.82, 2.24) is 9.97 Å². The van der Waals surface area contributed by atoms with E-state index >= 15 is 0 Å². The van der Waals surface area contributed by atoms with Crippen LogP contribution in [-0.2, 0) is 11.2 Å². The van der Waals surface area contributed by atoms with Crippen LogP contribution in [0.4, 0.5) is 11.5 Å². The summed E-state index contributed by atoms with van der Waals surface area (Å²) in [5.41, 5.74) is 4.31. The van der Waals surface area contributed by atoms with Gasteiger partial charge in [-0.3, -0.25) is 4.79 Å². The average molecular weight is 350 g/mol. The van der Waals surface area contributed by atoms with Crippen LogP contribution >= 0.6 is 15.9 Å². The van der Waals surface area contributed by atoms with E-state index in [0.717, 1.165) is 11.3 Å². The Kier molecular flexibility index (Phi) is 3.72. The van der Waals surface area contributed by atoms with Gasteiger partial charge in [-0.25, -0.2) is 15.8 Å². The van der Waals surface area contributed by atoms with Gasteiger partial charge < -0.3 is 15.5 Å². The van der Waals surface area contributed by atoms with E-state index in [-0.39, 0.29) is 5.91 Å². The summed E-state index contributed by atoms with van der Waals surface area (Å²) >= 11 is 3.33. The van der Waals surface area contributed by atoms with E-state index in [0.29, 0.717) is 34.8 Å². The number of aromatic nitrogens is 2. The van der Waals surface area contributed by atoms with Gasteiger partial charge in [0.25, 0.3) is 0 Å². The molecular weight excluding hydrogens is 338 g/mol. The Morgan fingerprint density at radius 2 is 2.19 bits per heavy atom. The molecule has 7 nitrogen and oxygen atoms in total. The standard InChI is InChI=1S/C13H12BrN5O2/c14-11-12(19-15)16-6-17-13(11)21-8-2-3-9-7(5-8)1-4-10(20)18-9/h2-3,5-6H,1,4,15H2,(H,18,20)(H,16,17,19). The molecule has 1 aromatic heterocycles. The lowest BCUT2D eigenvalue weighted by atomic mass is 10.0. The third kappa shape index (κ3) is 2.81. The number of ether oxygens (including phenoxy) is 1. The van der Waals surface area contributed by atoms with E-state index in [1.165, 1.54) is 6.33 Å². The van der Waals surface area contributed by atoms with Gasteiger partial charge in [0.05, 0.1) is 0 Å². The number of rotatable bonds is 3. The highest BCUT2D eigenvalue weighted by Crippen LogP contribution is 2.33. The highest BCUT2D eigenvalue weighted by atomic mass is 79.9. The van der Waals surface area contributed by atoms with Gasteiger partial charge in [0.2, 0.25) is 11.8 Å². The Labute approximate surface area is 129 Å². The molecule has 1 amide bonds. The predicted octanol–water partition coefficient (Wildman–Crippen LogP) is 2.20. The zero-order valence-electron chi connectivity index (χ0n) is 10.9. The Morgan fingerprint density at radius 1 is 1.33 bits per heavy atom. The fourth-order valence-electron chi connectivity index (χ4n) is 2.06. The third-order valence-electron chi connectivity index (χ3n) is 3.08. The van der Waals surface area contributed by atoms with E-state index in [9.17, 15) is 4.79 Å². The molecular formula is C13H12BrN5O2. The summed E-state index contributed by atoms with van der Waals surface area (Å²) in [6.07, 6.45) is 2.53. The summed E-state index contributed by atoms with van der Waals surface area (Å²) in [5, 5.41) is 2.82. The second-order valence-electron chi connectivity index (χ2n) is 4.45. The zero-order chi connectivity index (χ0) is 14.8. The number of aryl methyl sites for hydroxylation is 1. The van der Waals surface area contributed by atoms with Crippen LogP contribution in [0.15, 0.2) is 29.0 Å². The van der Waals surface area contributed by atoms with Gasteiger partial charge in [-0.15, -0.1) is 0 Å². The van der Waals surface area contributed by atoms with Crippen LogP contribution in [0.25, 0.3) is 0 Å². The molecule has 0 atom stereocenters. The van der Waals surface area contributed by atoms with Crippen LogP contribution in [0.1, 0.15) is 12.0 Å². The van der Waals surface area contributed by atoms with Gasteiger partial charge in [0, 0.05) is 12.1 Å². The number of carbonyl (C=O) groups excluding carboxylic acids is 1. The highest BCUT2D eigenvalue weighted by molar-refractivity contribution is 9.10. The van der Waals surface area contributed by atoms with Crippen LogP contribution in [0.2, 0.25) is 0 Å². The molecule has 0 spiro atoms. The van der Waals surface area contributed by atoms with Crippen LogP contribution in [0, 0.1) is 0 Å². The van der Waals surface area contributed by atoms with Gasteiger partial charge in [-0.2, -0.15) is 0 Å². The van der Waals surface area contributed by atoms with E-state index in [4.69, 9.17) is 10.6 Å². The normalized spacial score (nSPS) is 13.3. The van der Waals surface area contributed by atoms with E-state index in [1.807, 2.05) is 12.1 Å². The highest BCUT2D eigenvalue weighted by Gasteiger charge is 2.16. The first-order valence-electron chi connectivity index (χ1n) is 6.25. The monoisotopic (exact) mass is 349 g/mol. The van der Waals surface area contributed by atoms with Crippen LogP contribution in [0.3, 0.4) is 0 Å². The number of nitrogens with zero attached hydrogens (tertiary/aromatic N) is 2. The quantitative estimate of drug-likeness (QED) is 0.579. The van der Waals surface area contributed by atoms with Crippen molar-refractivity contribution in [2.24, 2.45) is 5.84 Å². The smallest absolute Gasteiger partial charge is 0.238 e. The maximum absolute atomic E-state index is 11.3. The van der Waals surface area contributed by atoms with E-state index in [2.05, 4.69) is 36.6 Å². The number of benzene rings is 1. The second kappa shape index (κ2) is 5.66. The van der Waals surface area contributed by atoms with Crippen molar-refractivity contribution in [3.05, 3.63) is 34.6 Å². The zero-order valence-corrected chi connectivity index (χ0v) is 12.5. The SMILES string of the molecule is NNc1ncnc(Oc2ccc3c(c2)CCC(=O)N3)c1Br. The molecule has 2 heterocycles. The maximum Gasteiger partial charge on any atom is 0.238 e. The number of carbonyl (C=O) groups is 1. The minimum Gasteiger partial charge on any atom is -0.438 e. The lowest BCUT2D eigenvalue weighted by Crippen LogP contribution is -2.18. The van der Waals surface area contributed by atoms with Crippen molar-refractivity contribution in [3.63, 3.8) is 0 Å². The molecule has 1 aromatic carbocycles. The number of anilines is 2. The molecule has 108 valence electrons. The van der Waals surface area contributed by atoms with Crippen molar-refractivity contribution in [1.29, 1.82) is 0 Å². The molecule has 3 rings (SSSR count). The number of hydrogen-bond acceptors (Lipinski definition) is 6. The molecule has 2 aromatic rings. The van der Waals surface area contributed by atoms with Gasteiger partial charge in [-0.1, -0.05) is 0 Å². The van der Waals surface area contributed by atoms with Crippen molar-refractivity contribution in [2.45, 2.75) is 12.8 Å². The lowest BCUT2D eigenvalue weighted by molar-refractivity contribution is -0.116. The van der Waals surface area contributed by atoms with Crippen molar-refractivity contribution in [3.8, 4) is 11.6 Å². The van der Waals surface area contributed by atoms with Crippen LogP contribution < -0.4 is 21.3 Å². The molecule has 0 bridgehead atoms.